The van der Waals surface area contributed by atoms with Crippen molar-refractivity contribution in [3.8, 4) is 0 Å². The Morgan fingerprint density at radius 3 is 2.67 bits per heavy atom. The minimum absolute atomic E-state index is 0.00521. The van der Waals surface area contributed by atoms with Crippen molar-refractivity contribution >= 4 is 28.3 Å². The topological polar surface area (TPSA) is 63.8 Å². The monoisotopic (exact) mass is 302 g/mol. The summed E-state index contributed by atoms with van der Waals surface area (Å²) in [6, 6.07) is 7.76. The van der Waals surface area contributed by atoms with Crippen LogP contribution in [0.25, 0.3) is 10.9 Å². The zero-order valence-corrected chi connectivity index (χ0v) is 12.8. The molecule has 3 rings (SSSR count). The standard InChI is InChI=1S/C15H15ClN4O/c1-8(13-9(2)20-21-10(13)3)17-14-11-6-4-5-7-12(11)18-15(16)19-14/h4-8H,1-3H3,(H,17,18,19). The van der Waals surface area contributed by atoms with Gasteiger partial charge in [0.2, 0.25) is 5.28 Å². The van der Waals surface area contributed by atoms with Crippen LogP contribution in [-0.4, -0.2) is 15.1 Å². The number of anilines is 1. The summed E-state index contributed by atoms with van der Waals surface area (Å²) in [4.78, 5) is 8.53. The first-order valence-electron chi connectivity index (χ1n) is 6.68. The van der Waals surface area contributed by atoms with Crippen molar-refractivity contribution in [2.45, 2.75) is 26.8 Å². The van der Waals surface area contributed by atoms with Crippen LogP contribution in [0.5, 0.6) is 0 Å². The largest absolute Gasteiger partial charge is 0.363 e. The van der Waals surface area contributed by atoms with E-state index in [1.807, 2.05) is 45.0 Å². The Morgan fingerprint density at radius 1 is 1.19 bits per heavy atom. The van der Waals surface area contributed by atoms with E-state index in [1.54, 1.807) is 0 Å². The molecule has 108 valence electrons. The lowest BCUT2D eigenvalue weighted by atomic mass is 10.1. The first-order valence-corrected chi connectivity index (χ1v) is 7.05. The first kappa shape index (κ1) is 13.8. The Labute approximate surface area is 127 Å². The number of aromatic nitrogens is 3. The molecule has 2 heterocycles. The lowest BCUT2D eigenvalue weighted by Gasteiger charge is -2.16. The fourth-order valence-electron chi connectivity index (χ4n) is 2.54. The highest BCUT2D eigenvalue weighted by atomic mass is 35.5. The van der Waals surface area contributed by atoms with Crippen molar-refractivity contribution < 1.29 is 4.52 Å². The van der Waals surface area contributed by atoms with Crippen LogP contribution in [0.15, 0.2) is 28.8 Å². The average Bonchev–Trinajstić information content (AvgIpc) is 2.78. The summed E-state index contributed by atoms with van der Waals surface area (Å²) >= 11 is 6.00. The molecule has 0 radical (unpaired) electrons. The summed E-state index contributed by atoms with van der Waals surface area (Å²) < 4.78 is 5.22. The van der Waals surface area contributed by atoms with Crippen molar-refractivity contribution in [1.82, 2.24) is 15.1 Å². The molecular formula is C15H15ClN4O. The normalized spacial score (nSPS) is 12.6. The van der Waals surface area contributed by atoms with Crippen molar-refractivity contribution in [1.29, 1.82) is 0 Å². The quantitative estimate of drug-likeness (QED) is 0.739. The SMILES string of the molecule is Cc1noc(C)c1C(C)Nc1nc(Cl)nc2ccccc12. The fourth-order valence-corrected chi connectivity index (χ4v) is 2.72. The van der Waals surface area contributed by atoms with E-state index in [0.717, 1.165) is 27.9 Å². The molecule has 0 fully saturated rings. The zero-order valence-electron chi connectivity index (χ0n) is 12.0. The Bertz CT molecular complexity index is 780. The van der Waals surface area contributed by atoms with E-state index >= 15 is 0 Å². The van der Waals surface area contributed by atoms with E-state index in [-0.39, 0.29) is 11.3 Å². The molecule has 0 saturated heterocycles. The van der Waals surface area contributed by atoms with Gasteiger partial charge in [0, 0.05) is 10.9 Å². The highest BCUT2D eigenvalue weighted by Crippen LogP contribution is 2.28. The molecule has 0 spiro atoms. The van der Waals surface area contributed by atoms with Crippen LogP contribution in [0.3, 0.4) is 0 Å². The molecule has 0 amide bonds. The lowest BCUT2D eigenvalue weighted by Crippen LogP contribution is -2.10. The van der Waals surface area contributed by atoms with E-state index < -0.39 is 0 Å². The second kappa shape index (κ2) is 5.33. The number of benzene rings is 1. The van der Waals surface area contributed by atoms with Crippen molar-refractivity contribution in [3.63, 3.8) is 0 Å². The second-order valence-corrected chi connectivity index (χ2v) is 5.30. The van der Waals surface area contributed by atoms with Crippen LogP contribution < -0.4 is 5.32 Å². The van der Waals surface area contributed by atoms with Gasteiger partial charge in [-0.05, 0) is 44.5 Å². The van der Waals surface area contributed by atoms with Gasteiger partial charge in [-0.1, -0.05) is 17.3 Å². The third-order valence-electron chi connectivity index (χ3n) is 3.45. The van der Waals surface area contributed by atoms with E-state index in [0.29, 0.717) is 5.82 Å². The number of nitrogens with one attached hydrogen (secondary N) is 1. The van der Waals surface area contributed by atoms with Crippen LogP contribution in [0.4, 0.5) is 5.82 Å². The van der Waals surface area contributed by atoms with Gasteiger partial charge in [-0.25, -0.2) is 9.97 Å². The average molecular weight is 303 g/mol. The molecule has 5 nitrogen and oxygen atoms in total. The zero-order chi connectivity index (χ0) is 15.0. The molecule has 1 aromatic carbocycles. The van der Waals surface area contributed by atoms with E-state index in [9.17, 15) is 0 Å². The van der Waals surface area contributed by atoms with Crippen LogP contribution in [0, 0.1) is 13.8 Å². The molecule has 0 aliphatic rings. The number of rotatable bonds is 3. The lowest BCUT2D eigenvalue weighted by molar-refractivity contribution is 0.392. The third kappa shape index (κ3) is 2.56. The number of aryl methyl sites for hydroxylation is 2. The Morgan fingerprint density at radius 2 is 1.95 bits per heavy atom. The Balaban J connectivity index is 2.02. The Hall–Kier alpha value is -2.14. The Kier molecular flexibility index (Phi) is 3.51. The predicted octanol–water partition coefficient (Wildman–Crippen LogP) is 4.06. The van der Waals surface area contributed by atoms with Gasteiger partial charge in [0.15, 0.2) is 0 Å². The highest BCUT2D eigenvalue weighted by molar-refractivity contribution is 6.28. The molecule has 3 aromatic rings. The number of hydrogen-bond acceptors (Lipinski definition) is 5. The van der Waals surface area contributed by atoms with E-state index in [2.05, 4.69) is 20.4 Å². The summed E-state index contributed by atoms with van der Waals surface area (Å²) in [5.41, 5.74) is 2.72. The molecule has 6 heteroatoms. The van der Waals surface area contributed by atoms with Crippen LogP contribution >= 0.6 is 11.6 Å². The number of hydrogen-bond donors (Lipinski definition) is 1. The molecule has 21 heavy (non-hydrogen) atoms. The maximum atomic E-state index is 6.00. The molecule has 0 saturated carbocycles. The summed E-state index contributed by atoms with van der Waals surface area (Å²) in [6.45, 7) is 5.87. The smallest absolute Gasteiger partial charge is 0.224 e. The van der Waals surface area contributed by atoms with Gasteiger partial charge in [0.1, 0.15) is 11.6 Å². The number of halogens is 1. The van der Waals surface area contributed by atoms with E-state index in [1.165, 1.54) is 0 Å². The maximum Gasteiger partial charge on any atom is 0.224 e. The van der Waals surface area contributed by atoms with Gasteiger partial charge in [0.25, 0.3) is 0 Å². The molecule has 0 aliphatic carbocycles. The molecule has 1 unspecified atom stereocenters. The summed E-state index contributed by atoms with van der Waals surface area (Å²) in [5.74, 6) is 1.51. The minimum Gasteiger partial charge on any atom is -0.363 e. The van der Waals surface area contributed by atoms with Gasteiger partial charge in [-0.15, -0.1) is 0 Å². The van der Waals surface area contributed by atoms with Gasteiger partial charge in [-0.2, -0.15) is 0 Å². The molecule has 0 aliphatic heterocycles. The van der Waals surface area contributed by atoms with Crippen LogP contribution in [0.2, 0.25) is 5.28 Å². The first-order chi connectivity index (χ1) is 10.1. The summed E-state index contributed by atoms with van der Waals surface area (Å²) in [5, 5.41) is 8.51. The van der Waals surface area contributed by atoms with Crippen LogP contribution in [-0.2, 0) is 0 Å². The van der Waals surface area contributed by atoms with Crippen LogP contribution in [0.1, 0.15) is 30.0 Å². The summed E-state index contributed by atoms with van der Waals surface area (Å²) in [7, 11) is 0. The van der Waals surface area contributed by atoms with Crippen molar-refractivity contribution in [3.05, 3.63) is 46.6 Å². The van der Waals surface area contributed by atoms with Crippen molar-refractivity contribution in [2.24, 2.45) is 0 Å². The van der Waals surface area contributed by atoms with Gasteiger partial charge < -0.3 is 9.84 Å². The third-order valence-corrected chi connectivity index (χ3v) is 3.62. The molecular weight excluding hydrogens is 288 g/mol. The minimum atomic E-state index is 0.00521. The molecule has 0 bridgehead atoms. The molecule has 2 aromatic heterocycles. The van der Waals surface area contributed by atoms with Gasteiger partial charge in [0.05, 0.1) is 17.3 Å². The van der Waals surface area contributed by atoms with Crippen molar-refractivity contribution in [2.75, 3.05) is 5.32 Å². The highest BCUT2D eigenvalue weighted by Gasteiger charge is 2.18. The summed E-state index contributed by atoms with van der Waals surface area (Å²) in [6.07, 6.45) is 0. The second-order valence-electron chi connectivity index (χ2n) is 4.96. The van der Waals surface area contributed by atoms with E-state index in [4.69, 9.17) is 16.1 Å². The molecule has 1 N–H and O–H groups in total. The molecule has 1 atom stereocenters. The fraction of sp³-hybridized carbons (Fsp3) is 0.267. The number of para-hydroxylation sites is 1. The number of nitrogens with zero attached hydrogens (tertiary/aromatic N) is 3. The van der Waals surface area contributed by atoms with Gasteiger partial charge >= 0.3 is 0 Å². The number of fused-ring (bicyclic) bond motifs is 1. The predicted molar refractivity (Wildman–Crippen MR) is 82.6 cm³/mol. The maximum absolute atomic E-state index is 6.00. The van der Waals surface area contributed by atoms with Gasteiger partial charge in [-0.3, -0.25) is 0 Å².